The van der Waals surface area contributed by atoms with E-state index in [0.717, 1.165) is 36.7 Å². The summed E-state index contributed by atoms with van der Waals surface area (Å²) >= 11 is 3.72. The first-order chi connectivity index (χ1) is 9.81. The van der Waals surface area contributed by atoms with E-state index in [0.29, 0.717) is 12.0 Å². The van der Waals surface area contributed by atoms with Gasteiger partial charge in [-0.05, 0) is 49.1 Å². The SMILES string of the molecule is O=C(c1cc2c(s1)CCSC2)N1CC2CCCNC2C1. The molecule has 2 atom stereocenters. The molecule has 108 valence electrons. The summed E-state index contributed by atoms with van der Waals surface area (Å²) in [4.78, 5) is 17.2. The Kier molecular flexibility index (Phi) is 3.52. The lowest BCUT2D eigenvalue weighted by molar-refractivity contribution is 0.0790. The first kappa shape index (κ1) is 13.2. The quantitative estimate of drug-likeness (QED) is 0.864. The molecule has 1 amide bonds. The van der Waals surface area contributed by atoms with Crippen LogP contribution in [0.3, 0.4) is 0 Å². The van der Waals surface area contributed by atoms with Gasteiger partial charge in [-0.3, -0.25) is 4.79 Å². The maximum Gasteiger partial charge on any atom is 0.264 e. The average Bonchev–Trinajstić information content (AvgIpc) is 3.10. The Hall–Kier alpha value is -0.520. The third kappa shape index (κ3) is 2.30. The summed E-state index contributed by atoms with van der Waals surface area (Å²) in [6.07, 6.45) is 3.68. The number of aryl methyl sites for hydroxylation is 1. The number of carbonyl (C=O) groups excluding carboxylic acids is 1. The molecule has 0 spiro atoms. The van der Waals surface area contributed by atoms with Crippen molar-refractivity contribution in [2.24, 2.45) is 5.92 Å². The molecule has 2 fully saturated rings. The smallest absolute Gasteiger partial charge is 0.264 e. The van der Waals surface area contributed by atoms with Gasteiger partial charge >= 0.3 is 0 Å². The van der Waals surface area contributed by atoms with Gasteiger partial charge in [0.1, 0.15) is 0 Å². The van der Waals surface area contributed by atoms with Gasteiger partial charge in [0.15, 0.2) is 0 Å². The summed E-state index contributed by atoms with van der Waals surface area (Å²) in [5.74, 6) is 3.24. The van der Waals surface area contributed by atoms with Crippen LogP contribution < -0.4 is 5.32 Å². The number of carbonyl (C=O) groups is 1. The molecule has 0 aliphatic carbocycles. The van der Waals surface area contributed by atoms with E-state index < -0.39 is 0 Å². The second-order valence-corrected chi connectivity index (χ2v) is 8.28. The van der Waals surface area contributed by atoms with E-state index in [1.54, 1.807) is 11.3 Å². The minimum Gasteiger partial charge on any atom is -0.336 e. The lowest BCUT2D eigenvalue weighted by Gasteiger charge is -2.24. The number of thiophene rings is 1. The summed E-state index contributed by atoms with van der Waals surface area (Å²) in [5.41, 5.74) is 1.41. The van der Waals surface area contributed by atoms with Crippen LogP contribution in [0.1, 0.15) is 33.0 Å². The second-order valence-electron chi connectivity index (χ2n) is 6.03. The van der Waals surface area contributed by atoms with Crippen LogP contribution in [-0.2, 0) is 12.2 Å². The van der Waals surface area contributed by atoms with E-state index in [1.807, 2.05) is 11.8 Å². The van der Waals surface area contributed by atoms with Crippen molar-refractivity contribution < 1.29 is 4.79 Å². The molecular weight excluding hydrogens is 288 g/mol. The van der Waals surface area contributed by atoms with Gasteiger partial charge in [-0.15, -0.1) is 11.3 Å². The normalized spacial score (nSPS) is 29.1. The van der Waals surface area contributed by atoms with Crippen molar-refractivity contribution in [1.82, 2.24) is 10.2 Å². The van der Waals surface area contributed by atoms with E-state index in [9.17, 15) is 4.79 Å². The molecule has 5 heteroatoms. The number of amides is 1. The van der Waals surface area contributed by atoms with Crippen LogP contribution in [0, 0.1) is 5.92 Å². The van der Waals surface area contributed by atoms with Gasteiger partial charge in [-0.1, -0.05) is 0 Å². The summed E-state index contributed by atoms with van der Waals surface area (Å²) in [6.45, 7) is 2.97. The lowest BCUT2D eigenvalue weighted by atomic mass is 9.94. The van der Waals surface area contributed by atoms with Crippen LogP contribution in [0.4, 0.5) is 0 Å². The van der Waals surface area contributed by atoms with Crippen LogP contribution in [0.25, 0.3) is 0 Å². The van der Waals surface area contributed by atoms with Crippen LogP contribution in [0.2, 0.25) is 0 Å². The predicted molar refractivity (Wildman–Crippen MR) is 84.6 cm³/mol. The Morgan fingerprint density at radius 3 is 3.20 bits per heavy atom. The van der Waals surface area contributed by atoms with Crippen molar-refractivity contribution >= 4 is 29.0 Å². The highest BCUT2D eigenvalue weighted by Crippen LogP contribution is 2.33. The van der Waals surface area contributed by atoms with Crippen molar-refractivity contribution in [2.45, 2.75) is 31.1 Å². The Morgan fingerprint density at radius 2 is 2.35 bits per heavy atom. The van der Waals surface area contributed by atoms with Gasteiger partial charge in [0.25, 0.3) is 5.91 Å². The van der Waals surface area contributed by atoms with Crippen LogP contribution in [0.5, 0.6) is 0 Å². The number of hydrogen-bond donors (Lipinski definition) is 1. The average molecular weight is 308 g/mol. The van der Waals surface area contributed by atoms with Crippen molar-refractivity contribution in [1.29, 1.82) is 0 Å². The molecule has 2 unspecified atom stereocenters. The number of nitrogens with one attached hydrogen (secondary N) is 1. The molecule has 4 rings (SSSR count). The Labute approximate surface area is 128 Å². The molecule has 0 saturated carbocycles. The van der Waals surface area contributed by atoms with Crippen molar-refractivity contribution in [2.75, 3.05) is 25.4 Å². The fraction of sp³-hybridized carbons (Fsp3) is 0.667. The van der Waals surface area contributed by atoms with Gasteiger partial charge in [0.2, 0.25) is 0 Å². The highest BCUT2D eigenvalue weighted by atomic mass is 32.2. The highest BCUT2D eigenvalue weighted by molar-refractivity contribution is 7.98. The maximum atomic E-state index is 12.7. The number of nitrogens with zero attached hydrogens (tertiary/aromatic N) is 1. The molecule has 1 aromatic rings. The van der Waals surface area contributed by atoms with Gasteiger partial charge in [0.05, 0.1) is 4.88 Å². The summed E-state index contributed by atoms with van der Waals surface area (Å²) < 4.78 is 0. The van der Waals surface area contributed by atoms with E-state index in [1.165, 1.54) is 29.0 Å². The number of hydrogen-bond acceptors (Lipinski definition) is 4. The largest absolute Gasteiger partial charge is 0.336 e. The Bertz CT molecular complexity index is 490. The summed E-state index contributed by atoms with van der Waals surface area (Å²) in [5, 5.41) is 3.57. The minimum absolute atomic E-state index is 0.269. The molecule has 3 nitrogen and oxygen atoms in total. The molecule has 20 heavy (non-hydrogen) atoms. The van der Waals surface area contributed by atoms with E-state index in [-0.39, 0.29) is 5.91 Å². The zero-order valence-corrected chi connectivity index (χ0v) is 13.2. The lowest BCUT2D eigenvalue weighted by Crippen LogP contribution is -2.41. The fourth-order valence-corrected chi connectivity index (χ4v) is 5.96. The number of piperidine rings is 1. The van der Waals surface area contributed by atoms with Crippen molar-refractivity contribution in [3.63, 3.8) is 0 Å². The molecule has 0 bridgehead atoms. The molecule has 4 heterocycles. The first-order valence-corrected chi connectivity index (χ1v) is 9.50. The molecule has 3 aliphatic rings. The Morgan fingerprint density at radius 1 is 1.40 bits per heavy atom. The molecule has 0 radical (unpaired) electrons. The van der Waals surface area contributed by atoms with E-state index in [4.69, 9.17) is 0 Å². The Balaban J connectivity index is 1.51. The fourth-order valence-electron chi connectivity index (χ4n) is 3.62. The number of likely N-dealkylation sites (tertiary alicyclic amines) is 1. The van der Waals surface area contributed by atoms with Crippen molar-refractivity contribution in [3.05, 3.63) is 21.4 Å². The van der Waals surface area contributed by atoms with Gasteiger partial charge in [-0.2, -0.15) is 11.8 Å². The first-order valence-electron chi connectivity index (χ1n) is 7.53. The van der Waals surface area contributed by atoms with Crippen LogP contribution in [0.15, 0.2) is 6.07 Å². The molecule has 1 N–H and O–H groups in total. The third-order valence-electron chi connectivity index (χ3n) is 4.72. The predicted octanol–water partition coefficient (Wildman–Crippen LogP) is 2.36. The number of thioether (sulfide) groups is 1. The zero-order valence-electron chi connectivity index (χ0n) is 11.6. The van der Waals surface area contributed by atoms with E-state index >= 15 is 0 Å². The second kappa shape index (κ2) is 5.35. The molecule has 3 aliphatic heterocycles. The van der Waals surface area contributed by atoms with Crippen LogP contribution >= 0.6 is 23.1 Å². The molecule has 1 aromatic heterocycles. The van der Waals surface area contributed by atoms with Gasteiger partial charge in [-0.25, -0.2) is 0 Å². The van der Waals surface area contributed by atoms with Gasteiger partial charge in [0, 0.05) is 29.8 Å². The molecule has 0 aromatic carbocycles. The third-order valence-corrected chi connectivity index (χ3v) is 6.96. The van der Waals surface area contributed by atoms with Crippen molar-refractivity contribution in [3.8, 4) is 0 Å². The monoisotopic (exact) mass is 308 g/mol. The molecular formula is C15H20N2OS2. The highest BCUT2D eigenvalue weighted by Gasteiger charge is 2.37. The topological polar surface area (TPSA) is 32.3 Å². The standard InChI is InChI=1S/C15H20N2OS2/c18-15(14-6-11-9-19-5-3-13(11)20-14)17-7-10-2-1-4-16-12(10)8-17/h6,10,12,16H,1-5,7-9H2. The summed E-state index contributed by atoms with van der Waals surface area (Å²) in [6, 6.07) is 2.70. The van der Waals surface area contributed by atoms with Gasteiger partial charge < -0.3 is 10.2 Å². The zero-order chi connectivity index (χ0) is 13.5. The number of fused-ring (bicyclic) bond motifs is 2. The van der Waals surface area contributed by atoms with Crippen LogP contribution in [-0.4, -0.2) is 42.2 Å². The van der Waals surface area contributed by atoms with E-state index in [2.05, 4.69) is 16.3 Å². The molecule has 2 saturated heterocycles. The number of rotatable bonds is 1. The summed E-state index contributed by atoms with van der Waals surface area (Å²) in [7, 11) is 0. The maximum absolute atomic E-state index is 12.7. The minimum atomic E-state index is 0.269.